The number of nitrogens with zero attached hydrogens (tertiary/aromatic N) is 2. The monoisotopic (exact) mass is 258 g/mol. The van der Waals surface area contributed by atoms with Crippen LogP contribution in [0, 0.1) is 0 Å². The minimum atomic E-state index is -0.707. The quantitative estimate of drug-likeness (QED) is 0.916. The summed E-state index contributed by atoms with van der Waals surface area (Å²) in [6, 6.07) is 8.18. The van der Waals surface area contributed by atoms with E-state index in [1.165, 1.54) is 18.4 Å². The van der Waals surface area contributed by atoms with E-state index in [2.05, 4.69) is 17.2 Å². The molecule has 3 rings (SSSR count). The molecule has 4 heteroatoms. The van der Waals surface area contributed by atoms with E-state index in [0.29, 0.717) is 17.4 Å². The topological polar surface area (TPSA) is 47.3 Å². The van der Waals surface area contributed by atoms with E-state index in [0.717, 1.165) is 5.56 Å². The Bertz CT molecular complexity index is 588. The van der Waals surface area contributed by atoms with Crippen molar-refractivity contribution in [1.82, 2.24) is 9.78 Å². The first-order valence-corrected chi connectivity index (χ1v) is 6.54. The molecule has 1 aromatic carbocycles. The smallest absolute Gasteiger partial charge is 0.162 e. The van der Waals surface area contributed by atoms with Gasteiger partial charge in [-0.2, -0.15) is 5.10 Å². The zero-order chi connectivity index (χ0) is 13.4. The van der Waals surface area contributed by atoms with Crippen LogP contribution in [0.3, 0.4) is 0 Å². The molecule has 0 amide bonds. The average molecular weight is 258 g/mol. The van der Waals surface area contributed by atoms with Crippen molar-refractivity contribution in [3.8, 4) is 5.75 Å². The average Bonchev–Trinajstić information content (AvgIpc) is 3.22. The Labute approximate surface area is 112 Å². The van der Waals surface area contributed by atoms with Crippen LogP contribution in [0.25, 0.3) is 0 Å². The Morgan fingerprint density at radius 1 is 1.42 bits per heavy atom. The summed E-state index contributed by atoms with van der Waals surface area (Å²) < 4.78 is 6.92. The number of hydrogen-bond donors (Lipinski definition) is 1. The molecule has 19 heavy (non-hydrogen) atoms. The van der Waals surface area contributed by atoms with Gasteiger partial charge in [-0.15, -0.1) is 0 Å². The van der Waals surface area contributed by atoms with Crippen LogP contribution in [-0.2, 0) is 7.05 Å². The number of aryl methyl sites for hydroxylation is 1. The predicted molar refractivity (Wildman–Crippen MR) is 72.2 cm³/mol. The Morgan fingerprint density at radius 2 is 2.21 bits per heavy atom. The molecule has 1 atom stereocenters. The first-order chi connectivity index (χ1) is 9.20. The standard InChI is InChI=1S/C15H18N2O2/c1-17-14(13(19-2)9-16-17)15(18)12-5-3-4-11(8-12)10-6-7-10/h3-5,8-10,15,18H,6-7H2,1-2H3. The minimum Gasteiger partial charge on any atom is -0.493 e. The van der Waals surface area contributed by atoms with Crippen LogP contribution in [0.2, 0.25) is 0 Å². The molecule has 0 saturated heterocycles. The first-order valence-electron chi connectivity index (χ1n) is 6.54. The van der Waals surface area contributed by atoms with Gasteiger partial charge in [0.1, 0.15) is 11.8 Å². The van der Waals surface area contributed by atoms with Gasteiger partial charge < -0.3 is 9.84 Å². The van der Waals surface area contributed by atoms with E-state index in [9.17, 15) is 5.11 Å². The zero-order valence-corrected chi connectivity index (χ0v) is 11.2. The second kappa shape index (κ2) is 4.70. The molecule has 1 aliphatic rings. The van der Waals surface area contributed by atoms with E-state index >= 15 is 0 Å². The molecule has 1 saturated carbocycles. The Kier molecular flexibility index (Phi) is 3.03. The third-order valence-electron chi connectivity index (χ3n) is 3.70. The summed E-state index contributed by atoms with van der Waals surface area (Å²) in [7, 11) is 3.40. The van der Waals surface area contributed by atoms with Crippen LogP contribution in [-0.4, -0.2) is 22.0 Å². The molecule has 0 aliphatic heterocycles. The second-order valence-electron chi connectivity index (χ2n) is 5.07. The van der Waals surface area contributed by atoms with Gasteiger partial charge in [0, 0.05) is 7.05 Å². The van der Waals surface area contributed by atoms with Crippen molar-refractivity contribution in [2.24, 2.45) is 7.05 Å². The minimum absolute atomic E-state index is 0.617. The number of aliphatic hydroxyl groups is 1. The number of benzene rings is 1. The van der Waals surface area contributed by atoms with Gasteiger partial charge in [0.05, 0.1) is 13.3 Å². The van der Waals surface area contributed by atoms with Gasteiger partial charge in [-0.3, -0.25) is 4.68 Å². The van der Waals surface area contributed by atoms with Crippen LogP contribution < -0.4 is 4.74 Å². The molecule has 1 aliphatic carbocycles. The molecular formula is C15H18N2O2. The van der Waals surface area contributed by atoms with Crippen molar-refractivity contribution in [2.75, 3.05) is 7.11 Å². The third-order valence-corrected chi connectivity index (χ3v) is 3.70. The molecular weight excluding hydrogens is 240 g/mol. The molecule has 2 aromatic rings. The number of hydrogen-bond acceptors (Lipinski definition) is 3. The van der Waals surface area contributed by atoms with Gasteiger partial charge in [0.15, 0.2) is 5.75 Å². The summed E-state index contributed by atoms with van der Waals surface area (Å²) in [6.07, 6.45) is 3.44. The molecule has 0 radical (unpaired) electrons. The SMILES string of the molecule is COc1cnn(C)c1C(O)c1cccc(C2CC2)c1. The molecule has 1 N–H and O–H groups in total. The number of ether oxygens (including phenoxy) is 1. The zero-order valence-electron chi connectivity index (χ0n) is 11.2. The van der Waals surface area contributed by atoms with Crippen molar-refractivity contribution in [1.29, 1.82) is 0 Å². The Morgan fingerprint density at radius 3 is 2.89 bits per heavy atom. The van der Waals surface area contributed by atoms with Crippen molar-refractivity contribution in [3.05, 3.63) is 47.3 Å². The van der Waals surface area contributed by atoms with Gasteiger partial charge in [-0.1, -0.05) is 24.3 Å². The summed E-state index contributed by atoms with van der Waals surface area (Å²) in [5.41, 5.74) is 2.90. The summed E-state index contributed by atoms with van der Waals surface area (Å²) in [5, 5.41) is 14.7. The second-order valence-corrected chi connectivity index (χ2v) is 5.07. The lowest BCUT2D eigenvalue weighted by molar-refractivity contribution is 0.204. The lowest BCUT2D eigenvalue weighted by atomic mass is 10.0. The summed E-state index contributed by atoms with van der Waals surface area (Å²) in [4.78, 5) is 0. The number of methoxy groups -OCH3 is 1. The normalized spacial score (nSPS) is 16.4. The maximum absolute atomic E-state index is 10.6. The molecule has 0 bridgehead atoms. The number of rotatable bonds is 4. The fourth-order valence-electron chi connectivity index (χ4n) is 2.45. The Hall–Kier alpha value is -1.81. The molecule has 4 nitrogen and oxygen atoms in total. The van der Waals surface area contributed by atoms with E-state index in [1.54, 1.807) is 18.0 Å². The number of aliphatic hydroxyl groups excluding tert-OH is 1. The lowest BCUT2D eigenvalue weighted by Crippen LogP contribution is -2.08. The van der Waals surface area contributed by atoms with Crippen molar-refractivity contribution < 1.29 is 9.84 Å². The van der Waals surface area contributed by atoms with Gasteiger partial charge in [0.25, 0.3) is 0 Å². The fourth-order valence-corrected chi connectivity index (χ4v) is 2.45. The van der Waals surface area contributed by atoms with Crippen LogP contribution in [0.4, 0.5) is 0 Å². The highest BCUT2D eigenvalue weighted by atomic mass is 16.5. The molecule has 100 valence electrons. The van der Waals surface area contributed by atoms with E-state index < -0.39 is 6.10 Å². The van der Waals surface area contributed by atoms with Crippen LogP contribution in [0.5, 0.6) is 5.75 Å². The van der Waals surface area contributed by atoms with Crippen LogP contribution in [0.15, 0.2) is 30.5 Å². The van der Waals surface area contributed by atoms with Gasteiger partial charge in [-0.05, 0) is 29.9 Å². The summed E-state index contributed by atoms with van der Waals surface area (Å²) in [5.74, 6) is 1.30. The lowest BCUT2D eigenvalue weighted by Gasteiger charge is -2.14. The van der Waals surface area contributed by atoms with E-state index in [4.69, 9.17) is 4.74 Å². The van der Waals surface area contributed by atoms with Crippen molar-refractivity contribution in [3.63, 3.8) is 0 Å². The van der Waals surface area contributed by atoms with Gasteiger partial charge in [0.2, 0.25) is 0 Å². The maximum atomic E-state index is 10.6. The third kappa shape index (κ3) is 2.24. The molecule has 1 heterocycles. The largest absolute Gasteiger partial charge is 0.493 e. The van der Waals surface area contributed by atoms with Crippen LogP contribution in [0.1, 0.15) is 41.7 Å². The molecule has 1 aromatic heterocycles. The van der Waals surface area contributed by atoms with Crippen molar-refractivity contribution in [2.45, 2.75) is 24.9 Å². The van der Waals surface area contributed by atoms with Gasteiger partial charge in [-0.25, -0.2) is 0 Å². The Balaban J connectivity index is 1.96. The highest BCUT2D eigenvalue weighted by molar-refractivity contribution is 5.37. The van der Waals surface area contributed by atoms with Gasteiger partial charge >= 0.3 is 0 Å². The predicted octanol–water partition coefficient (Wildman–Crippen LogP) is 2.39. The summed E-state index contributed by atoms with van der Waals surface area (Å²) in [6.45, 7) is 0. The summed E-state index contributed by atoms with van der Waals surface area (Å²) >= 11 is 0. The first kappa shape index (κ1) is 12.2. The molecule has 0 spiro atoms. The molecule has 1 unspecified atom stereocenters. The number of aromatic nitrogens is 2. The highest BCUT2D eigenvalue weighted by Gasteiger charge is 2.25. The van der Waals surface area contributed by atoms with Crippen molar-refractivity contribution >= 4 is 0 Å². The van der Waals surface area contributed by atoms with Crippen LogP contribution >= 0.6 is 0 Å². The maximum Gasteiger partial charge on any atom is 0.162 e. The highest BCUT2D eigenvalue weighted by Crippen LogP contribution is 2.41. The van der Waals surface area contributed by atoms with E-state index in [1.807, 2.05) is 19.2 Å². The van der Waals surface area contributed by atoms with E-state index in [-0.39, 0.29) is 0 Å². The fraction of sp³-hybridized carbons (Fsp3) is 0.400. The molecule has 1 fully saturated rings.